The van der Waals surface area contributed by atoms with E-state index in [0.717, 1.165) is 39.5 Å². The van der Waals surface area contributed by atoms with E-state index in [0.29, 0.717) is 0 Å². The summed E-state index contributed by atoms with van der Waals surface area (Å²) in [5.74, 6) is -0.483. The van der Waals surface area contributed by atoms with Crippen molar-refractivity contribution < 1.29 is 31.3 Å². The molecule has 8 nitrogen and oxygen atoms in total. The van der Waals surface area contributed by atoms with E-state index in [-0.39, 0.29) is 24.2 Å². The lowest BCUT2D eigenvalue weighted by Gasteiger charge is -2.38. The fourth-order valence-electron chi connectivity index (χ4n) is 3.62. The number of carbonyl (C=O) groups excluding carboxylic acids is 1. The van der Waals surface area contributed by atoms with Crippen LogP contribution in [0.2, 0.25) is 0 Å². The first-order chi connectivity index (χ1) is 14.4. The summed E-state index contributed by atoms with van der Waals surface area (Å²) in [6, 6.07) is 6.69. The molecule has 0 spiro atoms. The van der Waals surface area contributed by atoms with Crippen molar-refractivity contribution in [3.8, 4) is 0 Å². The van der Waals surface area contributed by atoms with Crippen LogP contribution < -0.4 is 4.90 Å². The van der Waals surface area contributed by atoms with E-state index in [2.05, 4.69) is 0 Å². The van der Waals surface area contributed by atoms with E-state index in [1.54, 1.807) is 0 Å². The van der Waals surface area contributed by atoms with Gasteiger partial charge in [-0.1, -0.05) is 18.2 Å². The van der Waals surface area contributed by atoms with Gasteiger partial charge in [0.15, 0.2) is 4.90 Å². The van der Waals surface area contributed by atoms with Crippen LogP contribution in [0.1, 0.15) is 30.5 Å². The molecule has 0 bridgehead atoms. The van der Waals surface area contributed by atoms with Gasteiger partial charge in [-0.3, -0.25) is 14.9 Å². The predicted molar refractivity (Wildman–Crippen MR) is 105 cm³/mol. The van der Waals surface area contributed by atoms with Crippen molar-refractivity contribution in [2.75, 3.05) is 18.5 Å². The molecule has 2 aromatic rings. The van der Waals surface area contributed by atoms with Crippen molar-refractivity contribution in [3.63, 3.8) is 0 Å². The predicted octanol–water partition coefficient (Wildman–Crippen LogP) is 3.73. The van der Waals surface area contributed by atoms with Gasteiger partial charge >= 0.3 is 6.18 Å². The number of nitro groups is 1. The number of benzene rings is 2. The molecule has 166 valence electrons. The smallest absolute Gasteiger partial charge is 0.312 e. The Morgan fingerprint density at radius 3 is 2.45 bits per heavy atom. The SMILES string of the molecule is CC(=O)N1CC[C@@H](N(C)S(=O)(=O)c2ccccc2[N+](=O)[O-])c2ccc(C(F)(F)F)cc21. The van der Waals surface area contributed by atoms with Crippen molar-refractivity contribution >= 4 is 27.3 Å². The number of fused-ring (bicyclic) bond motifs is 1. The number of nitro benzene ring substituents is 1. The molecule has 0 N–H and O–H groups in total. The lowest BCUT2D eigenvalue weighted by molar-refractivity contribution is -0.387. The number of hydrogen-bond donors (Lipinski definition) is 0. The Balaban J connectivity index is 2.11. The van der Waals surface area contributed by atoms with Gasteiger partial charge in [0.1, 0.15) is 0 Å². The first-order valence-electron chi connectivity index (χ1n) is 9.06. The Morgan fingerprint density at radius 1 is 1.23 bits per heavy atom. The summed E-state index contributed by atoms with van der Waals surface area (Å²) in [6.45, 7) is 1.20. The van der Waals surface area contributed by atoms with Gasteiger partial charge < -0.3 is 4.90 Å². The van der Waals surface area contributed by atoms with Crippen LogP contribution >= 0.6 is 0 Å². The Labute approximate surface area is 176 Å². The molecule has 0 unspecified atom stereocenters. The summed E-state index contributed by atoms with van der Waals surface area (Å²) < 4.78 is 66.8. The zero-order valence-electron chi connectivity index (χ0n) is 16.5. The maximum Gasteiger partial charge on any atom is 0.416 e. The zero-order chi connectivity index (χ0) is 23.1. The van der Waals surface area contributed by atoms with Crippen LogP contribution in [0.4, 0.5) is 24.5 Å². The van der Waals surface area contributed by atoms with E-state index in [1.165, 1.54) is 26.1 Å². The number of nitrogens with zero attached hydrogens (tertiary/aromatic N) is 3. The second-order valence-corrected chi connectivity index (χ2v) is 8.96. The number of rotatable bonds is 4. The number of sulfonamides is 1. The van der Waals surface area contributed by atoms with Gasteiger partial charge in [-0.05, 0) is 30.2 Å². The van der Waals surface area contributed by atoms with Crippen LogP contribution in [0.15, 0.2) is 47.4 Å². The minimum atomic E-state index is -4.65. The Morgan fingerprint density at radius 2 is 1.87 bits per heavy atom. The molecule has 1 heterocycles. The molecule has 0 aliphatic carbocycles. The number of carbonyl (C=O) groups is 1. The van der Waals surface area contributed by atoms with Crippen LogP contribution in [-0.2, 0) is 21.0 Å². The number of halogens is 3. The highest BCUT2D eigenvalue weighted by molar-refractivity contribution is 7.89. The van der Waals surface area contributed by atoms with Crippen molar-refractivity contribution in [2.24, 2.45) is 0 Å². The maximum atomic E-state index is 13.2. The second-order valence-electron chi connectivity index (χ2n) is 6.99. The Bertz CT molecular complexity index is 1150. The molecule has 1 aliphatic heterocycles. The average molecular weight is 457 g/mol. The third-order valence-electron chi connectivity index (χ3n) is 5.17. The minimum Gasteiger partial charge on any atom is -0.312 e. The van der Waals surface area contributed by atoms with Gasteiger partial charge in [-0.25, -0.2) is 8.42 Å². The van der Waals surface area contributed by atoms with E-state index in [1.807, 2.05) is 0 Å². The Hall–Kier alpha value is -2.99. The number of alkyl halides is 3. The molecular formula is C19H18F3N3O5S. The normalized spacial score (nSPS) is 16.8. The lowest BCUT2D eigenvalue weighted by Crippen LogP contribution is -2.41. The molecule has 1 aliphatic rings. The summed E-state index contributed by atoms with van der Waals surface area (Å²) in [5, 5.41) is 11.3. The highest BCUT2D eigenvalue weighted by Crippen LogP contribution is 2.42. The molecule has 31 heavy (non-hydrogen) atoms. The number of hydrogen-bond acceptors (Lipinski definition) is 5. The first kappa shape index (κ1) is 22.7. The zero-order valence-corrected chi connectivity index (χ0v) is 17.3. The highest BCUT2D eigenvalue weighted by Gasteiger charge is 2.39. The van der Waals surface area contributed by atoms with Crippen molar-refractivity contribution in [1.29, 1.82) is 0 Å². The van der Waals surface area contributed by atoms with Crippen LogP contribution in [-0.4, -0.2) is 37.1 Å². The van der Waals surface area contributed by atoms with Crippen molar-refractivity contribution in [2.45, 2.75) is 30.5 Å². The van der Waals surface area contributed by atoms with Crippen molar-refractivity contribution in [1.82, 2.24) is 4.31 Å². The summed E-state index contributed by atoms with van der Waals surface area (Å²) in [4.78, 5) is 23.1. The molecule has 2 aromatic carbocycles. The van der Waals surface area contributed by atoms with Gasteiger partial charge in [-0.15, -0.1) is 0 Å². The Kier molecular flexibility index (Phi) is 5.80. The topological polar surface area (TPSA) is 101 Å². The van der Waals surface area contributed by atoms with Crippen molar-refractivity contribution in [3.05, 3.63) is 63.7 Å². The number of amides is 1. The van der Waals surface area contributed by atoms with E-state index in [4.69, 9.17) is 0 Å². The second kappa shape index (κ2) is 7.93. The molecule has 12 heteroatoms. The summed E-state index contributed by atoms with van der Waals surface area (Å²) in [7, 11) is -3.16. The maximum absolute atomic E-state index is 13.2. The van der Waals surface area contributed by atoms with Crippen LogP contribution in [0, 0.1) is 10.1 Å². The van der Waals surface area contributed by atoms with Gasteiger partial charge in [0.25, 0.3) is 5.69 Å². The molecular weight excluding hydrogens is 439 g/mol. The molecule has 0 saturated heterocycles. The minimum absolute atomic E-state index is 0.00888. The molecule has 3 rings (SSSR count). The van der Waals surface area contributed by atoms with Crippen LogP contribution in [0.3, 0.4) is 0 Å². The fourth-order valence-corrected chi connectivity index (χ4v) is 5.14. The third-order valence-corrected chi connectivity index (χ3v) is 7.09. The number of para-hydroxylation sites is 1. The highest BCUT2D eigenvalue weighted by atomic mass is 32.2. The van der Waals surface area contributed by atoms with E-state index in [9.17, 15) is 36.5 Å². The molecule has 0 fully saturated rings. The summed E-state index contributed by atoms with van der Waals surface area (Å²) >= 11 is 0. The lowest BCUT2D eigenvalue weighted by atomic mass is 9.94. The largest absolute Gasteiger partial charge is 0.416 e. The average Bonchev–Trinajstić information content (AvgIpc) is 2.71. The molecule has 1 atom stereocenters. The van der Waals surface area contributed by atoms with Crippen LogP contribution in [0.25, 0.3) is 0 Å². The summed E-state index contributed by atoms with van der Waals surface area (Å²) in [6.07, 6.45) is -4.54. The molecule has 0 saturated carbocycles. The van der Waals surface area contributed by atoms with Gasteiger partial charge in [0.05, 0.1) is 16.5 Å². The van der Waals surface area contributed by atoms with E-state index < -0.39 is 49.2 Å². The van der Waals surface area contributed by atoms with Crippen LogP contribution in [0.5, 0.6) is 0 Å². The van der Waals surface area contributed by atoms with Gasteiger partial charge in [0, 0.05) is 32.3 Å². The number of anilines is 1. The first-order valence-corrected chi connectivity index (χ1v) is 10.5. The summed E-state index contributed by atoms with van der Waals surface area (Å²) in [5.41, 5.74) is -1.41. The van der Waals surface area contributed by atoms with Gasteiger partial charge in [0.2, 0.25) is 15.9 Å². The van der Waals surface area contributed by atoms with Gasteiger partial charge in [-0.2, -0.15) is 17.5 Å². The molecule has 0 aromatic heterocycles. The monoisotopic (exact) mass is 457 g/mol. The fraction of sp³-hybridized carbons (Fsp3) is 0.316. The molecule has 1 amide bonds. The van der Waals surface area contributed by atoms with E-state index >= 15 is 0 Å². The molecule has 0 radical (unpaired) electrons. The quantitative estimate of drug-likeness (QED) is 0.514. The standard InChI is InChI=1S/C19H18F3N3O5S/c1-12(26)24-10-9-15(14-8-7-13(11-17(14)24)19(20,21)22)23(2)31(29,30)18-6-4-3-5-16(18)25(27)28/h3-8,11,15H,9-10H2,1-2H3/t15-/m1/s1. The third kappa shape index (κ3) is 4.12.